The molecule has 1 saturated heterocycles. The van der Waals surface area contributed by atoms with Gasteiger partial charge in [0.1, 0.15) is 0 Å². The number of aromatic nitrogens is 1. The van der Waals surface area contributed by atoms with Gasteiger partial charge < -0.3 is 14.7 Å². The van der Waals surface area contributed by atoms with E-state index in [1.54, 1.807) is 6.07 Å². The lowest BCUT2D eigenvalue weighted by Crippen LogP contribution is -2.42. The second-order valence-corrected chi connectivity index (χ2v) is 5.73. The SMILES string of the molecule is Cc1cc(C(=O)N(CC2CCCNC2)C2CC2)on1. The zero-order valence-electron chi connectivity index (χ0n) is 11.4. The summed E-state index contributed by atoms with van der Waals surface area (Å²) in [5, 5.41) is 7.22. The molecule has 0 radical (unpaired) electrons. The summed E-state index contributed by atoms with van der Waals surface area (Å²) in [6.07, 6.45) is 4.66. The average Bonchev–Trinajstić information content (AvgIpc) is 3.18. The molecule has 2 aliphatic rings. The van der Waals surface area contributed by atoms with Crippen molar-refractivity contribution in [3.63, 3.8) is 0 Å². The van der Waals surface area contributed by atoms with Gasteiger partial charge >= 0.3 is 0 Å². The van der Waals surface area contributed by atoms with Crippen LogP contribution in [0.3, 0.4) is 0 Å². The lowest BCUT2D eigenvalue weighted by molar-refractivity contribution is 0.0662. The number of aryl methyl sites for hydroxylation is 1. The number of carbonyl (C=O) groups excluding carboxylic acids is 1. The van der Waals surface area contributed by atoms with Crippen molar-refractivity contribution in [2.24, 2.45) is 5.92 Å². The first-order valence-corrected chi connectivity index (χ1v) is 7.19. The van der Waals surface area contributed by atoms with Gasteiger partial charge in [-0.25, -0.2) is 0 Å². The van der Waals surface area contributed by atoms with Gasteiger partial charge in [-0.15, -0.1) is 0 Å². The molecular formula is C14H21N3O2. The van der Waals surface area contributed by atoms with Gasteiger partial charge in [-0.05, 0) is 51.6 Å². The van der Waals surface area contributed by atoms with Crippen LogP contribution in [0.25, 0.3) is 0 Å². The summed E-state index contributed by atoms with van der Waals surface area (Å²) in [5.41, 5.74) is 0.762. The maximum absolute atomic E-state index is 12.5. The van der Waals surface area contributed by atoms with E-state index in [4.69, 9.17) is 4.52 Å². The second-order valence-electron chi connectivity index (χ2n) is 5.73. The summed E-state index contributed by atoms with van der Waals surface area (Å²) in [6.45, 7) is 4.81. The molecule has 1 unspecified atom stereocenters. The van der Waals surface area contributed by atoms with Gasteiger partial charge in [-0.2, -0.15) is 0 Å². The fraction of sp³-hybridized carbons (Fsp3) is 0.714. The van der Waals surface area contributed by atoms with Crippen molar-refractivity contribution in [3.05, 3.63) is 17.5 Å². The topological polar surface area (TPSA) is 58.4 Å². The predicted molar refractivity (Wildman–Crippen MR) is 70.9 cm³/mol. The highest BCUT2D eigenvalue weighted by atomic mass is 16.5. The Morgan fingerprint density at radius 3 is 2.95 bits per heavy atom. The molecule has 5 nitrogen and oxygen atoms in total. The highest BCUT2D eigenvalue weighted by Crippen LogP contribution is 2.30. The number of hydrogen-bond acceptors (Lipinski definition) is 4. The Hall–Kier alpha value is -1.36. The second kappa shape index (κ2) is 5.33. The van der Waals surface area contributed by atoms with Crippen LogP contribution in [0.2, 0.25) is 0 Å². The minimum Gasteiger partial charge on any atom is -0.351 e. The molecule has 0 spiro atoms. The van der Waals surface area contributed by atoms with Crippen LogP contribution in [0.15, 0.2) is 10.6 Å². The Labute approximate surface area is 113 Å². The maximum atomic E-state index is 12.5. The van der Waals surface area contributed by atoms with Crippen molar-refractivity contribution in [1.82, 2.24) is 15.4 Å². The van der Waals surface area contributed by atoms with Crippen molar-refractivity contribution in [2.75, 3.05) is 19.6 Å². The van der Waals surface area contributed by atoms with Gasteiger partial charge in [0.05, 0.1) is 5.69 Å². The Morgan fingerprint density at radius 1 is 1.53 bits per heavy atom. The Morgan fingerprint density at radius 2 is 2.37 bits per heavy atom. The molecule has 0 aromatic carbocycles. The van der Waals surface area contributed by atoms with Gasteiger partial charge in [-0.1, -0.05) is 5.16 Å². The predicted octanol–water partition coefficient (Wildman–Crippen LogP) is 1.59. The van der Waals surface area contributed by atoms with Crippen molar-refractivity contribution < 1.29 is 9.32 Å². The van der Waals surface area contributed by atoms with E-state index in [0.717, 1.165) is 38.2 Å². The van der Waals surface area contributed by atoms with E-state index < -0.39 is 0 Å². The van der Waals surface area contributed by atoms with Gasteiger partial charge in [0.25, 0.3) is 5.91 Å². The molecule has 1 aliphatic heterocycles. The van der Waals surface area contributed by atoms with Gasteiger partial charge in [0, 0.05) is 18.7 Å². The highest BCUT2D eigenvalue weighted by molar-refractivity contribution is 5.91. The number of nitrogens with zero attached hydrogens (tertiary/aromatic N) is 2. The van der Waals surface area contributed by atoms with Crippen LogP contribution in [-0.2, 0) is 0 Å². The quantitative estimate of drug-likeness (QED) is 0.896. The molecule has 3 rings (SSSR count). The molecule has 1 saturated carbocycles. The largest absolute Gasteiger partial charge is 0.351 e. The highest BCUT2D eigenvalue weighted by Gasteiger charge is 2.36. The van der Waals surface area contributed by atoms with E-state index in [2.05, 4.69) is 10.5 Å². The number of piperidine rings is 1. The fourth-order valence-corrected chi connectivity index (χ4v) is 2.75. The third kappa shape index (κ3) is 2.97. The van der Waals surface area contributed by atoms with E-state index in [1.807, 2.05) is 11.8 Å². The molecule has 1 aromatic rings. The number of rotatable bonds is 4. The molecule has 2 heterocycles. The third-order valence-corrected chi connectivity index (χ3v) is 3.94. The molecule has 0 bridgehead atoms. The molecule has 1 N–H and O–H groups in total. The molecule has 1 amide bonds. The van der Waals surface area contributed by atoms with Gasteiger partial charge in [0.2, 0.25) is 5.76 Å². The zero-order chi connectivity index (χ0) is 13.2. The van der Waals surface area contributed by atoms with E-state index in [1.165, 1.54) is 12.8 Å². The summed E-state index contributed by atoms with van der Waals surface area (Å²) in [5.74, 6) is 0.962. The lowest BCUT2D eigenvalue weighted by Gasteiger charge is -2.29. The van der Waals surface area contributed by atoms with Crippen molar-refractivity contribution in [3.8, 4) is 0 Å². The minimum absolute atomic E-state index is 0.00803. The molecule has 104 valence electrons. The molecule has 1 aliphatic carbocycles. The van der Waals surface area contributed by atoms with Crippen molar-refractivity contribution in [1.29, 1.82) is 0 Å². The van der Waals surface area contributed by atoms with Gasteiger partial charge in [0.15, 0.2) is 0 Å². The summed E-state index contributed by atoms with van der Waals surface area (Å²) >= 11 is 0. The van der Waals surface area contributed by atoms with E-state index in [0.29, 0.717) is 17.7 Å². The third-order valence-electron chi connectivity index (χ3n) is 3.94. The van der Waals surface area contributed by atoms with Gasteiger partial charge in [-0.3, -0.25) is 4.79 Å². The monoisotopic (exact) mass is 263 g/mol. The first-order chi connectivity index (χ1) is 9.24. The molecule has 1 atom stereocenters. The number of amides is 1. The molecule has 19 heavy (non-hydrogen) atoms. The Bertz CT molecular complexity index is 447. The smallest absolute Gasteiger partial charge is 0.292 e. The molecule has 5 heteroatoms. The standard InChI is InChI=1S/C14H21N3O2/c1-10-7-13(19-16-10)14(18)17(12-4-5-12)9-11-3-2-6-15-8-11/h7,11-12,15H,2-6,8-9H2,1H3. The van der Waals surface area contributed by atoms with Crippen LogP contribution < -0.4 is 5.32 Å². The first kappa shape index (κ1) is 12.7. The van der Waals surface area contributed by atoms with Crippen LogP contribution in [0.5, 0.6) is 0 Å². The first-order valence-electron chi connectivity index (χ1n) is 7.19. The van der Waals surface area contributed by atoms with Crippen LogP contribution in [0.1, 0.15) is 41.9 Å². The number of hydrogen-bond donors (Lipinski definition) is 1. The van der Waals surface area contributed by atoms with Crippen LogP contribution >= 0.6 is 0 Å². The zero-order valence-corrected chi connectivity index (χ0v) is 11.4. The van der Waals surface area contributed by atoms with Crippen LogP contribution in [0, 0.1) is 12.8 Å². The summed E-state index contributed by atoms with van der Waals surface area (Å²) in [6, 6.07) is 2.15. The number of carbonyl (C=O) groups is 1. The van der Waals surface area contributed by atoms with Crippen LogP contribution in [-0.4, -0.2) is 41.6 Å². The Kier molecular flexibility index (Phi) is 3.55. The summed E-state index contributed by atoms with van der Waals surface area (Å²) < 4.78 is 5.12. The normalized spacial score (nSPS) is 23.3. The molecule has 2 fully saturated rings. The lowest BCUT2D eigenvalue weighted by atomic mass is 9.99. The van der Waals surface area contributed by atoms with Crippen molar-refractivity contribution >= 4 is 5.91 Å². The maximum Gasteiger partial charge on any atom is 0.292 e. The Balaban J connectivity index is 1.68. The summed E-state index contributed by atoms with van der Waals surface area (Å²) in [4.78, 5) is 14.5. The van der Waals surface area contributed by atoms with Crippen molar-refractivity contribution in [2.45, 2.75) is 38.6 Å². The molecule has 1 aromatic heterocycles. The van der Waals surface area contributed by atoms with E-state index in [-0.39, 0.29) is 5.91 Å². The summed E-state index contributed by atoms with van der Waals surface area (Å²) in [7, 11) is 0. The average molecular weight is 263 g/mol. The number of nitrogens with one attached hydrogen (secondary N) is 1. The molecular weight excluding hydrogens is 242 g/mol. The van der Waals surface area contributed by atoms with E-state index in [9.17, 15) is 4.79 Å². The van der Waals surface area contributed by atoms with E-state index >= 15 is 0 Å². The van der Waals surface area contributed by atoms with Crippen LogP contribution in [0.4, 0.5) is 0 Å². The fourth-order valence-electron chi connectivity index (χ4n) is 2.75. The minimum atomic E-state index is 0.00803.